The number of ketones is 1. The van der Waals surface area contributed by atoms with Crippen LogP contribution in [0.25, 0.3) is 0 Å². The Kier molecular flexibility index (Phi) is 6.83. The van der Waals surface area contributed by atoms with Gasteiger partial charge in [-0.15, -0.1) is 16.7 Å². The van der Waals surface area contributed by atoms with Crippen LogP contribution in [0.5, 0.6) is 5.75 Å². The van der Waals surface area contributed by atoms with E-state index in [4.69, 9.17) is 32.4 Å². The van der Waals surface area contributed by atoms with Crippen molar-refractivity contribution in [3.8, 4) is 5.75 Å². The van der Waals surface area contributed by atoms with Gasteiger partial charge in [-0.05, 0) is 61.0 Å². The van der Waals surface area contributed by atoms with Crippen LogP contribution in [0.2, 0.25) is 5.02 Å². The van der Waals surface area contributed by atoms with E-state index in [-0.39, 0.29) is 30.2 Å². The van der Waals surface area contributed by atoms with Gasteiger partial charge in [0.25, 0.3) is 11.8 Å². The standard InChI is InChI=1S/C26H18BrCl2N3O4/c1-14-5-10-20(19(11-14)24(33)15-6-8-18(28)9-7-15)35-13-21-30-31-26(36-21)32-23(22(29)25(32)34)16-3-2-4-17(27)12-16/h2-12,22-23H,13H2,1H3. The highest BCUT2D eigenvalue weighted by molar-refractivity contribution is 9.10. The van der Waals surface area contributed by atoms with Crippen molar-refractivity contribution >= 4 is 56.8 Å². The van der Waals surface area contributed by atoms with Gasteiger partial charge in [0.1, 0.15) is 11.1 Å². The van der Waals surface area contributed by atoms with Crippen molar-refractivity contribution in [2.24, 2.45) is 0 Å². The fraction of sp³-hybridized carbons (Fsp3) is 0.154. The molecule has 1 aromatic heterocycles. The molecule has 4 aromatic rings. The fourth-order valence-corrected chi connectivity index (χ4v) is 4.83. The third-order valence-corrected chi connectivity index (χ3v) is 6.89. The second-order valence-corrected chi connectivity index (χ2v) is 10.0. The molecule has 0 saturated carbocycles. The number of alkyl halides is 1. The molecule has 5 rings (SSSR count). The van der Waals surface area contributed by atoms with Crippen LogP contribution >= 0.6 is 39.1 Å². The number of hydrogen-bond acceptors (Lipinski definition) is 6. The summed E-state index contributed by atoms with van der Waals surface area (Å²) >= 11 is 15.7. The van der Waals surface area contributed by atoms with E-state index in [1.807, 2.05) is 37.3 Å². The fourth-order valence-electron chi connectivity index (χ4n) is 3.92. The van der Waals surface area contributed by atoms with Crippen LogP contribution in [0.15, 0.2) is 75.6 Å². The zero-order valence-electron chi connectivity index (χ0n) is 18.8. The van der Waals surface area contributed by atoms with Gasteiger partial charge >= 0.3 is 6.01 Å². The lowest BCUT2D eigenvalue weighted by Gasteiger charge is -2.41. The largest absolute Gasteiger partial charge is 0.483 e. The molecular weight excluding hydrogens is 569 g/mol. The zero-order valence-corrected chi connectivity index (χ0v) is 21.9. The number of aryl methyl sites for hydroxylation is 1. The van der Waals surface area contributed by atoms with E-state index < -0.39 is 11.4 Å². The molecule has 182 valence electrons. The Morgan fingerprint density at radius 3 is 2.64 bits per heavy atom. The summed E-state index contributed by atoms with van der Waals surface area (Å²) in [5.41, 5.74) is 2.63. The van der Waals surface area contributed by atoms with Gasteiger partial charge in [-0.1, -0.05) is 56.4 Å². The number of anilines is 1. The van der Waals surface area contributed by atoms with Crippen LogP contribution in [-0.4, -0.2) is 27.3 Å². The van der Waals surface area contributed by atoms with Crippen LogP contribution in [0.4, 0.5) is 6.01 Å². The summed E-state index contributed by atoms with van der Waals surface area (Å²) in [7, 11) is 0. The Labute approximate surface area is 225 Å². The minimum atomic E-state index is -0.736. The van der Waals surface area contributed by atoms with Gasteiger partial charge in [0.15, 0.2) is 12.4 Å². The first kappa shape index (κ1) is 24.5. The van der Waals surface area contributed by atoms with E-state index in [2.05, 4.69) is 26.1 Å². The smallest absolute Gasteiger partial charge is 0.325 e. The third kappa shape index (κ3) is 4.76. The summed E-state index contributed by atoms with van der Waals surface area (Å²) in [5, 5.41) is 7.84. The molecule has 0 radical (unpaired) electrons. The first-order chi connectivity index (χ1) is 17.3. The summed E-state index contributed by atoms with van der Waals surface area (Å²) in [5.74, 6) is -0.0117. The number of carbonyl (C=O) groups excluding carboxylic acids is 2. The molecule has 36 heavy (non-hydrogen) atoms. The van der Waals surface area contributed by atoms with Crippen LogP contribution in [0.1, 0.15) is 39.0 Å². The normalized spacial score (nSPS) is 17.1. The molecule has 0 aliphatic carbocycles. The topological polar surface area (TPSA) is 85.5 Å². The third-order valence-electron chi connectivity index (χ3n) is 5.72. The van der Waals surface area contributed by atoms with Gasteiger partial charge in [0, 0.05) is 15.1 Å². The lowest BCUT2D eigenvalue weighted by Crippen LogP contribution is -2.56. The summed E-state index contributed by atoms with van der Waals surface area (Å²) in [6.45, 7) is 1.80. The average molecular weight is 587 g/mol. The molecular formula is C26H18BrCl2N3O4. The number of ether oxygens (including phenoxy) is 1. The molecule has 1 fully saturated rings. The number of β-lactam (4-membered cyclic amide) rings is 1. The minimum Gasteiger partial charge on any atom is -0.483 e. The molecule has 0 N–H and O–H groups in total. The van der Waals surface area contributed by atoms with Crippen LogP contribution in [0, 0.1) is 6.92 Å². The van der Waals surface area contributed by atoms with E-state index in [0.717, 1.165) is 15.6 Å². The Morgan fingerprint density at radius 2 is 1.89 bits per heavy atom. The molecule has 7 nitrogen and oxygen atoms in total. The number of carbonyl (C=O) groups is 2. The number of rotatable bonds is 7. The van der Waals surface area contributed by atoms with Crippen molar-refractivity contribution in [3.63, 3.8) is 0 Å². The average Bonchev–Trinajstić information content (AvgIpc) is 3.33. The Bertz CT molecular complexity index is 1460. The first-order valence-electron chi connectivity index (χ1n) is 10.9. The number of amides is 1. The van der Waals surface area contributed by atoms with Crippen LogP contribution in [0.3, 0.4) is 0 Å². The molecule has 2 heterocycles. The van der Waals surface area contributed by atoms with E-state index in [1.54, 1.807) is 36.4 Å². The maximum atomic E-state index is 13.1. The van der Waals surface area contributed by atoms with Gasteiger partial charge in [-0.2, -0.15) is 0 Å². The molecule has 2 unspecified atom stereocenters. The van der Waals surface area contributed by atoms with Gasteiger partial charge in [-0.25, -0.2) is 0 Å². The van der Waals surface area contributed by atoms with Gasteiger partial charge < -0.3 is 9.15 Å². The second kappa shape index (κ2) is 10.0. The maximum absolute atomic E-state index is 13.1. The van der Waals surface area contributed by atoms with Gasteiger partial charge in [-0.3, -0.25) is 14.5 Å². The monoisotopic (exact) mass is 585 g/mol. The molecule has 1 saturated heterocycles. The molecule has 0 bridgehead atoms. The van der Waals surface area contributed by atoms with Gasteiger partial charge in [0.05, 0.1) is 11.6 Å². The Morgan fingerprint density at radius 1 is 1.11 bits per heavy atom. The Balaban J connectivity index is 1.34. The van der Waals surface area contributed by atoms with E-state index in [9.17, 15) is 9.59 Å². The number of nitrogens with zero attached hydrogens (tertiary/aromatic N) is 3. The summed E-state index contributed by atoms with van der Waals surface area (Å²) in [4.78, 5) is 27.0. The molecule has 1 aliphatic heterocycles. The summed E-state index contributed by atoms with van der Waals surface area (Å²) < 4.78 is 12.5. The minimum absolute atomic E-state index is 0.0295. The quantitative estimate of drug-likeness (QED) is 0.143. The predicted octanol–water partition coefficient (Wildman–Crippen LogP) is 6.30. The van der Waals surface area contributed by atoms with E-state index in [0.29, 0.717) is 21.9 Å². The molecule has 10 heteroatoms. The highest BCUT2D eigenvalue weighted by Gasteiger charge is 2.50. The number of aromatic nitrogens is 2. The van der Waals surface area contributed by atoms with Crippen molar-refractivity contribution in [2.45, 2.75) is 24.9 Å². The number of hydrogen-bond donors (Lipinski definition) is 0. The van der Waals surface area contributed by atoms with E-state index in [1.165, 1.54) is 4.90 Å². The predicted molar refractivity (Wildman–Crippen MR) is 139 cm³/mol. The zero-order chi connectivity index (χ0) is 25.4. The summed E-state index contributed by atoms with van der Waals surface area (Å²) in [6.07, 6.45) is 0. The maximum Gasteiger partial charge on any atom is 0.325 e. The molecule has 0 spiro atoms. The van der Waals surface area contributed by atoms with Crippen molar-refractivity contribution < 1.29 is 18.7 Å². The number of halogens is 3. The second-order valence-electron chi connectivity index (χ2n) is 8.21. The molecule has 1 aliphatic rings. The SMILES string of the molecule is Cc1ccc(OCc2nnc(N3C(=O)C(Cl)C3c3cccc(Br)c3)o2)c(C(=O)c2ccc(Cl)cc2)c1. The lowest BCUT2D eigenvalue weighted by atomic mass is 9.94. The van der Waals surface area contributed by atoms with Gasteiger partial charge in [0.2, 0.25) is 0 Å². The molecule has 3 aromatic carbocycles. The molecule has 2 atom stereocenters. The van der Waals surface area contributed by atoms with Crippen molar-refractivity contribution in [3.05, 3.63) is 104 Å². The van der Waals surface area contributed by atoms with E-state index >= 15 is 0 Å². The van der Waals surface area contributed by atoms with Crippen LogP contribution < -0.4 is 9.64 Å². The van der Waals surface area contributed by atoms with Crippen LogP contribution in [-0.2, 0) is 11.4 Å². The highest BCUT2D eigenvalue weighted by atomic mass is 79.9. The Hall–Kier alpha value is -3.20. The first-order valence-corrected chi connectivity index (χ1v) is 12.5. The number of benzene rings is 3. The van der Waals surface area contributed by atoms with Crippen molar-refractivity contribution in [1.82, 2.24) is 10.2 Å². The highest BCUT2D eigenvalue weighted by Crippen LogP contribution is 2.42. The summed E-state index contributed by atoms with van der Waals surface area (Å²) in [6, 6.07) is 19.1. The lowest BCUT2D eigenvalue weighted by molar-refractivity contribution is -0.124. The van der Waals surface area contributed by atoms with Crippen molar-refractivity contribution in [1.29, 1.82) is 0 Å². The molecule has 1 amide bonds. The van der Waals surface area contributed by atoms with Crippen molar-refractivity contribution in [2.75, 3.05) is 4.90 Å².